The molecule has 2 atom stereocenters. The van der Waals surface area contributed by atoms with Crippen LogP contribution in [0.4, 0.5) is 0 Å². The van der Waals surface area contributed by atoms with E-state index in [1.165, 1.54) is 44.6 Å². The van der Waals surface area contributed by atoms with Crippen molar-refractivity contribution in [3.63, 3.8) is 0 Å². The molecule has 32 heavy (non-hydrogen) atoms. The van der Waals surface area contributed by atoms with Crippen LogP contribution in [0.1, 0.15) is 44.6 Å². The van der Waals surface area contributed by atoms with Crippen molar-refractivity contribution in [1.29, 1.82) is 0 Å². The van der Waals surface area contributed by atoms with Crippen LogP contribution in [-0.2, 0) is 9.53 Å². The van der Waals surface area contributed by atoms with Gasteiger partial charge < -0.3 is 9.64 Å². The summed E-state index contributed by atoms with van der Waals surface area (Å²) >= 11 is 0. The molecule has 0 aromatic carbocycles. The highest BCUT2D eigenvalue weighted by Crippen LogP contribution is 2.60. The summed E-state index contributed by atoms with van der Waals surface area (Å²) in [6, 6.07) is 3.82. The standard InChI is InChI=1S/C25H31N5O2/c1-2-24(31)29-14-22(30-13-21(27-28-30)20-4-3-5-26-12-20)23(15-29)32-16-25-9-17-6-18(10-25)8-19(7-17)11-25/h2-5,12-13,17-19,22-23H,1,6-11,14-16H2/t17?,18?,19?,22-,23-,25?/m1/s1. The molecule has 0 unspecified atom stereocenters. The Labute approximate surface area is 188 Å². The summed E-state index contributed by atoms with van der Waals surface area (Å²) in [7, 11) is 0. The fourth-order valence-electron chi connectivity index (χ4n) is 7.32. The Hall–Kier alpha value is -2.54. The minimum atomic E-state index is -0.0876. The van der Waals surface area contributed by atoms with Crippen molar-refractivity contribution in [3.05, 3.63) is 43.4 Å². The molecule has 7 heteroatoms. The molecule has 4 saturated carbocycles. The zero-order valence-corrected chi connectivity index (χ0v) is 18.5. The van der Waals surface area contributed by atoms with E-state index in [1.54, 1.807) is 12.4 Å². The zero-order chi connectivity index (χ0) is 21.7. The molecular formula is C25H31N5O2. The third kappa shape index (κ3) is 3.56. The Morgan fingerprint density at radius 2 is 1.94 bits per heavy atom. The number of pyridine rings is 1. The third-order valence-electron chi connectivity index (χ3n) is 8.30. The second kappa shape index (κ2) is 7.80. The van der Waals surface area contributed by atoms with Crippen LogP contribution < -0.4 is 0 Å². The molecule has 1 amide bonds. The number of ether oxygens (including phenoxy) is 1. The average molecular weight is 434 g/mol. The molecule has 1 aliphatic heterocycles. The number of rotatable bonds is 6. The Morgan fingerprint density at radius 3 is 2.59 bits per heavy atom. The minimum Gasteiger partial charge on any atom is -0.373 e. The van der Waals surface area contributed by atoms with Gasteiger partial charge in [0.25, 0.3) is 0 Å². The molecule has 2 aromatic rings. The van der Waals surface area contributed by atoms with E-state index in [0.29, 0.717) is 18.5 Å². The number of likely N-dealkylation sites (tertiary alicyclic amines) is 1. The second-order valence-electron chi connectivity index (χ2n) is 10.6. The van der Waals surface area contributed by atoms with E-state index in [-0.39, 0.29) is 18.1 Å². The van der Waals surface area contributed by atoms with E-state index in [4.69, 9.17) is 4.74 Å². The van der Waals surface area contributed by atoms with Gasteiger partial charge in [0.2, 0.25) is 5.91 Å². The number of nitrogens with zero attached hydrogens (tertiary/aromatic N) is 5. The van der Waals surface area contributed by atoms with Gasteiger partial charge in [-0.2, -0.15) is 0 Å². The van der Waals surface area contributed by atoms with Gasteiger partial charge in [-0.05, 0) is 79.9 Å². The van der Waals surface area contributed by atoms with E-state index in [0.717, 1.165) is 35.6 Å². The number of carbonyl (C=O) groups excluding carboxylic acids is 1. The summed E-state index contributed by atoms with van der Waals surface area (Å²) in [6.45, 7) is 5.61. The van der Waals surface area contributed by atoms with E-state index in [2.05, 4.69) is 21.9 Å². The highest BCUT2D eigenvalue weighted by Gasteiger charge is 2.51. The van der Waals surface area contributed by atoms with Crippen LogP contribution in [0.25, 0.3) is 11.3 Å². The highest BCUT2D eigenvalue weighted by atomic mass is 16.5. The molecule has 0 radical (unpaired) electrons. The molecule has 3 heterocycles. The van der Waals surface area contributed by atoms with Crippen LogP contribution in [0, 0.1) is 23.2 Å². The molecule has 5 aliphatic rings. The molecule has 2 aromatic heterocycles. The van der Waals surface area contributed by atoms with Crippen LogP contribution in [0.3, 0.4) is 0 Å². The van der Waals surface area contributed by atoms with Crippen LogP contribution in [0.5, 0.6) is 0 Å². The summed E-state index contributed by atoms with van der Waals surface area (Å²) in [6.07, 6.45) is 15.0. The van der Waals surface area contributed by atoms with Crippen molar-refractivity contribution in [1.82, 2.24) is 24.9 Å². The number of hydrogen-bond donors (Lipinski definition) is 0. The van der Waals surface area contributed by atoms with Crippen LogP contribution >= 0.6 is 0 Å². The third-order valence-corrected chi connectivity index (χ3v) is 8.30. The molecule has 0 spiro atoms. The lowest BCUT2D eigenvalue weighted by molar-refractivity contribution is -0.127. The lowest BCUT2D eigenvalue weighted by atomic mass is 9.50. The normalized spacial score (nSPS) is 35.4. The molecule has 5 fully saturated rings. The maximum Gasteiger partial charge on any atom is 0.246 e. The first-order valence-electron chi connectivity index (χ1n) is 12.0. The first kappa shape index (κ1) is 20.1. The van der Waals surface area contributed by atoms with Crippen molar-refractivity contribution in [2.45, 2.75) is 50.7 Å². The maximum absolute atomic E-state index is 12.4. The smallest absolute Gasteiger partial charge is 0.246 e. The lowest BCUT2D eigenvalue weighted by Gasteiger charge is -2.56. The predicted molar refractivity (Wildman–Crippen MR) is 119 cm³/mol. The first-order chi connectivity index (χ1) is 15.6. The molecule has 1 saturated heterocycles. The van der Waals surface area contributed by atoms with E-state index in [9.17, 15) is 4.79 Å². The van der Waals surface area contributed by atoms with Gasteiger partial charge in [-0.1, -0.05) is 11.8 Å². The Morgan fingerprint density at radius 1 is 1.19 bits per heavy atom. The molecule has 168 valence electrons. The van der Waals surface area contributed by atoms with Gasteiger partial charge in [-0.25, -0.2) is 4.68 Å². The molecule has 4 aliphatic carbocycles. The molecule has 0 N–H and O–H groups in total. The van der Waals surface area contributed by atoms with Crippen molar-refractivity contribution in [3.8, 4) is 11.3 Å². The first-order valence-corrected chi connectivity index (χ1v) is 12.0. The lowest BCUT2D eigenvalue weighted by Crippen LogP contribution is -2.49. The van der Waals surface area contributed by atoms with Gasteiger partial charge in [-0.15, -0.1) is 5.10 Å². The van der Waals surface area contributed by atoms with E-state index >= 15 is 0 Å². The van der Waals surface area contributed by atoms with Gasteiger partial charge in [0.1, 0.15) is 5.69 Å². The Kier molecular flexibility index (Phi) is 4.90. The van der Waals surface area contributed by atoms with E-state index < -0.39 is 0 Å². The van der Waals surface area contributed by atoms with Gasteiger partial charge in [-0.3, -0.25) is 9.78 Å². The molecular weight excluding hydrogens is 402 g/mol. The van der Waals surface area contributed by atoms with Crippen LogP contribution in [-0.4, -0.2) is 56.6 Å². The summed E-state index contributed by atoms with van der Waals surface area (Å²) in [5.74, 6) is 2.66. The van der Waals surface area contributed by atoms with Crippen molar-refractivity contribution >= 4 is 5.91 Å². The molecule has 7 nitrogen and oxygen atoms in total. The van der Waals surface area contributed by atoms with Crippen molar-refractivity contribution in [2.75, 3.05) is 19.7 Å². The largest absolute Gasteiger partial charge is 0.373 e. The van der Waals surface area contributed by atoms with E-state index in [1.807, 2.05) is 27.9 Å². The quantitative estimate of drug-likeness (QED) is 0.652. The monoisotopic (exact) mass is 433 g/mol. The summed E-state index contributed by atoms with van der Waals surface area (Å²) in [5.41, 5.74) is 2.06. The average Bonchev–Trinajstić information content (AvgIpc) is 3.44. The number of carbonyl (C=O) groups is 1. The number of aromatic nitrogens is 4. The fraction of sp³-hybridized carbons (Fsp3) is 0.600. The Balaban J connectivity index is 1.21. The van der Waals surface area contributed by atoms with Gasteiger partial charge >= 0.3 is 0 Å². The fourth-order valence-corrected chi connectivity index (χ4v) is 7.32. The summed E-state index contributed by atoms with van der Waals surface area (Å²) in [4.78, 5) is 18.4. The predicted octanol–water partition coefficient (Wildman–Crippen LogP) is 3.51. The van der Waals surface area contributed by atoms with Crippen molar-refractivity contribution < 1.29 is 9.53 Å². The number of amides is 1. The summed E-state index contributed by atoms with van der Waals surface area (Å²) in [5, 5.41) is 8.78. The van der Waals surface area contributed by atoms with Gasteiger partial charge in [0, 0.05) is 31.0 Å². The summed E-state index contributed by atoms with van der Waals surface area (Å²) < 4.78 is 8.54. The topological polar surface area (TPSA) is 73.1 Å². The van der Waals surface area contributed by atoms with Crippen molar-refractivity contribution in [2.24, 2.45) is 23.2 Å². The Bertz CT molecular complexity index is 967. The number of hydrogen-bond acceptors (Lipinski definition) is 5. The SMILES string of the molecule is C=CC(=O)N1C[C@@H](n2cc(-c3cccnc3)nn2)[C@H](OCC23CC4CC(CC(C4)C2)C3)C1. The van der Waals surface area contributed by atoms with Gasteiger partial charge in [0.05, 0.1) is 24.9 Å². The highest BCUT2D eigenvalue weighted by molar-refractivity contribution is 5.87. The second-order valence-corrected chi connectivity index (χ2v) is 10.6. The van der Waals surface area contributed by atoms with Crippen LogP contribution in [0.15, 0.2) is 43.4 Å². The minimum absolute atomic E-state index is 0.0502. The molecule has 4 bridgehead atoms. The zero-order valence-electron chi connectivity index (χ0n) is 18.5. The maximum atomic E-state index is 12.4. The molecule has 7 rings (SSSR count). The van der Waals surface area contributed by atoms with Crippen LogP contribution in [0.2, 0.25) is 0 Å². The van der Waals surface area contributed by atoms with Gasteiger partial charge in [0.15, 0.2) is 0 Å².